The molecule has 108 valence electrons. The molecule has 2 rings (SSSR count). The van der Waals surface area contributed by atoms with Gasteiger partial charge in [-0.25, -0.2) is 8.42 Å². The van der Waals surface area contributed by atoms with Crippen molar-refractivity contribution >= 4 is 33.0 Å². The van der Waals surface area contributed by atoms with Gasteiger partial charge in [0.05, 0.1) is 12.5 Å². The van der Waals surface area contributed by atoms with Gasteiger partial charge in [-0.05, 0) is 31.4 Å². The molecule has 0 N–H and O–H groups in total. The maximum atomic E-state index is 12.6. The molecule has 1 fully saturated rings. The topological polar surface area (TPSA) is 46.6 Å². The highest BCUT2D eigenvalue weighted by atomic mass is 35.5. The number of halogens is 1. The fraction of sp³-hybridized carbons (Fsp3) is 0.667. The largest absolute Gasteiger partial charge is 0.383 e. The third-order valence-electron chi connectivity index (χ3n) is 3.15. The van der Waals surface area contributed by atoms with Crippen LogP contribution in [0.3, 0.4) is 0 Å². The number of hydrogen-bond acceptors (Lipinski definition) is 4. The Labute approximate surface area is 123 Å². The standard InChI is InChI=1S/C12H18ClNO3S2/c1-9-7-12(18-11(9)8-13)19(15,16)14(5-6-17-2)10-3-4-10/h7,10H,3-6,8H2,1-2H3. The van der Waals surface area contributed by atoms with Crippen molar-refractivity contribution in [3.63, 3.8) is 0 Å². The van der Waals surface area contributed by atoms with Crippen LogP contribution in [0.25, 0.3) is 0 Å². The molecule has 0 spiro atoms. The van der Waals surface area contributed by atoms with Gasteiger partial charge in [-0.3, -0.25) is 0 Å². The van der Waals surface area contributed by atoms with E-state index in [4.69, 9.17) is 16.3 Å². The van der Waals surface area contributed by atoms with E-state index in [1.54, 1.807) is 17.5 Å². The second kappa shape index (κ2) is 6.10. The first kappa shape index (κ1) is 15.3. The van der Waals surface area contributed by atoms with E-state index >= 15 is 0 Å². The smallest absolute Gasteiger partial charge is 0.252 e. The molecule has 4 nitrogen and oxygen atoms in total. The number of sulfonamides is 1. The third-order valence-corrected chi connectivity index (χ3v) is 7.22. The lowest BCUT2D eigenvalue weighted by Gasteiger charge is -2.20. The highest BCUT2D eigenvalue weighted by molar-refractivity contribution is 7.91. The van der Waals surface area contributed by atoms with Crippen molar-refractivity contribution in [2.24, 2.45) is 0 Å². The molecule has 0 radical (unpaired) electrons. The number of methoxy groups -OCH3 is 1. The van der Waals surface area contributed by atoms with Crippen LogP contribution in [0.4, 0.5) is 0 Å². The van der Waals surface area contributed by atoms with Crippen LogP contribution >= 0.6 is 22.9 Å². The van der Waals surface area contributed by atoms with Crippen LogP contribution in [0.1, 0.15) is 23.3 Å². The summed E-state index contributed by atoms with van der Waals surface area (Å²) in [5, 5.41) is 0. The summed E-state index contributed by atoms with van der Waals surface area (Å²) in [5.74, 6) is 0.355. The Bertz CT molecular complexity index is 537. The summed E-state index contributed by atoms with van der Waals surface area (Å²) in [6, 6.07) is 1.86. The minimum atomic E-state index is -3.41. The molecular weight excluding hydrogens is 306 g/mol. The van der Waals surface area contributed by atoms with Crippen molar-refractivity contribution in [1.29, 1.82) is 0 Å². The van der Waals surface area contributed by atoms with Crippen LogP contribution < -0.4 is 0 Å². The molecule has 0 amide bonds. The van der Waals surface area contributed by atoms with Gasteiger partial charge >= 0.3 is 0 Å². The molecule has 19 heavy (non-hydrogen) atoms. The Morgan fingerprint density at radius 3 is 2.68 bits per heavy atom. The van der Waals surface area contributed by atoms with Crippen LogP contribution in [0.5, 0.6) is 0 Å². The van der Waals surface area contributed by atoms with Gasteiger partial charge in [0.25, 0.3) is 10.0 Å². The van der Waals surface area contributed by atoms with E-state index in [1.165, 1.54) is 11.3 Å². The molecule has 1 aromatic heterocycles. The van der Waals surface area contributed by atoms with E-state index in [2.05, 4.69) is 0 Å². The Morgan fingerprint density at radius 2 is 2.21 bits per heavy atom. The number of alkyl halides is 1. The quantitative estimate of drug-likeness (QED) is 0.725. The Kier molecular flexibility index (Phi) is 4.89. The minimum absolute atomic E-state index is 0.141. The molecule has 0 bridgehead atoms. The molecular formula is C12H18ClNO3S2. The zero-order valence-electron chi connectivity index (χ0n) is 11.1. The van der Waals surface area contributed by atoms with Crippen LogP contribution in [0.15, 0.2) is 10.3 Å². The summed E-state index contributed by atoms with van der Waals surface area (Å²) in [6.45, 7) is 2.73. The molecule has 0 aromatic carbocycles. The molecule has 0 unspecified atom stereocenters. The number of thiophene rings is 1. The van der Waals surface area contributed by atoms with Gasteiger partial charge in [0, 0.05) is 24.6 Å². The predicted molar refractivity (Wildman–Crippen MR) is 77.4 cm³/mol. The molecule has 1 saturated carbocycles. The van der Waals surface area contributed by atoms with E-state index in [0.717, 1.165) is 23.3 Å². The summed E-state index contributed by atoms with van der Waals surface area (Å²) in [6.07, 6.45) is 1.88. The average Bonchev–Trinajstić information content (AvgIpc) is 3.11. The maximum absolute atomic E-state index is 12.6. The fourth-order valence-electron chi connectivity index (χ4n) is 1.91. The SMILES string of the molecule is COCCN(C1CC1)S(=O)(=O)c1cc(C)c(CCl)s1. The zero-order valence-corrected chi connectivity index (χ0v) is 13.4. The molecule has 0 atom stereocenters. The van der Waals surface area contributed by atoms with E-state index in [1.807, 2.05) is 6.92 Å². The lowest BCUT2D eigenvalue weighted by molar-refractivity contribution is 0.177. The van der Waals surface area contributed by atoms with Crippen molar-refractivity contribution in [2.75, 3.05) is 20.3 Å². The summed E-state index contributed by atoms with van der Waals surface area (Å²) >= 11 is 7.09. The van der Waals surface area contributed by atoms with Gasteiger partial charge in [0.2, 0.25) is 0 Å². The summed E-state index contributed by atoms with van der Waals surface area (Å²) in [4.78, 5) is 0.919. The van der Waals surface area contributed by atoms with E-state index < -0.39 is 10.0 Å². The van der Waals surface area contributed by atoms with Crippen molar-refractivity contribution in [1.82, 2.24) is 4.31 Å². The second-order valence-corrected chi connectivity index (χ2v) is 8.17. The van der Waals surface area contributed by atoms with E-state index in [0.29, 0.717) is 23.2 Å². The van der Waals surface area contributed by atoms with Gasteiger partial charge in [-0.15, -0.1) is 22.9 Å². The molecule has 1 heterocycles. The third kappa shape index (κ3) is 3.31. The maximum Gasteiger partial charge on any atom is 0.252 e. The van der Waals surface area contributed by atoms with Gasteiger partial charge in [-0.1, -0.05) is 0 Å². The van der Waals surface area contributed by atoms with Crippen LogP contribution in [0, 0.1) is 6.92 Å². The summed E-state index contributed by atoms with van der Waals surface area (Å²) in [5.41, 5.74) is 0.945. The molecule has 1 aliphatic carbocycles. The van der Waals surface area contributed by atoms with Gasteiger partial charge < -0.3 is 4.74 Å². The van der Waals surface area contributed by atoms with Gasteiger partial charge in [0.15, 0.2) is 0 Å². The molecule has 0 saturated heterocycles. The van der Waals surface area contributed by atoms with Crippen molar-refractivity contribution in [3.8, 4) is 0 Å². The van der Waals surface area contributed by atoms with Crippen LogP contribution in [0.2, 0.25) is 0 Å². The first-order valence-electron chi connectivity index (χ1n) is 6.16. The highest BCUT2D eigenvalue weighted by Gasteiger charge is 2.38. The number of rotatable bonds is 7. The van der Waals surface area contributed by atoms with Crippen molar-refractivity contribution in [3.05, 3.63) is 16.5 Å². The monoisotopic (exact) mass is 323 g/mol. The summed E-state index contributed by atoms with van der Waals surface area (Å²) in [7, 11) is -1.83. The van der Waals surface area contributed by atoms with Crippen LogP contribution in [-0.4, -0.2) is 39.0 Å². The number of nitrogens with zero attached hydrogens (tertiary/aromatic N) is 1. The number of ether oxygens (including phenoxy) is 1. The first-order chi connectivity index (χ1) is 9.00. The predicted octanol–water partition coefficient (Wildman–Crippen LogP) is 2.59. The molecule has 1 aliphatic rings. The molecule has 0 aliphatic heterocycles. The summed E-state index contributed by atoms with van der Waals surface area (Å²) < 4.78 is 32.2. The zero-order chi connectivity index (χ0) is 14.0. The lowest BCUT2D eigenvalue weighted by atomic mass is 10.3. The van der Waals surface area contributed by atoms with Crippen LogP contribution in [-0.2, 0) is 20.6 Å². The fourth-order valence-corrected chi connectivity index (χ4v) is 5.52. The van der Waals surface area contributed by atoms with Gasteiger partial charge in [0.1, 0.15) is 4.21 Å². The number of aryl methyl sites for hydroxylation is 1. The number of hydrogen-bond donors (Lipinski definition) is 0. The highest BCUT2D eigenvalue weighted by Crippen LogP contribution is 2.35. The van der Waals surface area contributed by atoms with E-state index in [-0.39, 0.29) is 6.04 Å². The van der Waals surface area contributed by atoms with Gasteiger partial charge in [-0.2, -0.15) is 4.31 Å². The Hall–Kier alpha value is -0.140. The lowest BCUT2D eigenvalue weighted by Crippen LogP contribution is -2.35. The van der Waals surface area contributed by atoms with E-state index in [9.17, 15) is 8.42 Å². The second-order valence-electron chi connectivity index (χ2n) is 4.64. The Balaban J connectivity index is 2.27. The van der Waals surface area contributed by atoms with Crippen molar-refractivity contribution in [2.45, 2.75) is 35.9 Å². The van der Waals surface area contributed by atoms with Crippen molar-refractivity contribution < 1.29 is 13.2 Å². The minimum Gasteiger partial charge on any atom is -0.383 e. The first-order valence-corrected chi connectivity index (χ1v) is 8.96. The Morgan fingerprint density at radius 1 is 1.53 bits per heavy atom. The average molecular weight is 324 g/mol. The molecule has 7 heteroatoms. The molecule has 1 aromatic rings. The normalized spacial score (nSPS) is 16.2.